The Morgan fingerprint density at radius 2 is 2.14 bits per heavy atom. The minimum absolute atomic E-state index is 0.338. The van der Waals surface area contributed by atoms with Gasteiger partial charge in [-0.1, -0.05) is 18.2 Å². The van der Waals surface area contributed by atoms with Crippen LogP contribution in [-0.4, -0.2) is 25.5 Å². The number of nitrogens with zero attached hydrogens (tertiary/aromatic N) is 4. The number of pyridine rings is 1. The van der Waals surface area contributed by atoms with Crippen molar-refractivity contribution in [2.45, 2.75) is 10.9 Å². The van der Waals surface area contributed by atoms with E-state index in [-0.39, 0.29) is 0 Å². The molecule has 3 heterocycles. The Hall–Kier alpha value is -2.34. The van der Waals surface area contributed by atoms with Gasteiger partial charge in [-0.05, 0) is 23.8 Å². The van der Waals surface area contributed by atoms with Gasteiger partial charge in [0.15, 0.2) is 5.82 Å². The summed E-state index contributed by atoms with van der Waals surface area (Å²) in [5, 5.41) is 7.61. The lowest BCUT2D eigenvalue weighted by atomic mass is 10.1. The molecule has 1 aliphatic heterocycles. The molecule has 0 fully saturated rings. The summed E-state index contributed by atoms with van der Waals surface area (Å²) >= 11 is 1.89. The van der Waals surface area contributed by atoms with Gasteiger partial charge in [0.2, 0.25) is 0 Å². The predicted octanol–water partition coefficient (Wildman–Crippen LogP) is 2.92. The molecule has 104 valence electrons. The van der Waals surface area contributed by atoms with E-state index >= 15 is 0 Å². The molecule has 4 rings (SSSR count). The van der Waals surface area contributed by atoms with Crippen molar-refractivity contribution in [2.75, 3.05) is 11.1 Å². The highest BCUT2D eigenvalue weighted by molar-refractivity contribution is 7.99. The number of hydrogen-bond donors (Lipinski definition) is 1. The molecule has 3 aromatic rings. The van der Waals surface area contributed by atoms with Crippen LogP contribution in [0.3, 0.4) is 0 Å². The van der Waals surface area contributed by atoms with Crippen LogP contribution in [0, 0.1) is 0 Å². The lowest BCUT2D eigenvalue weighted by Crippen LogP contribution is -2.10. The van der Waals surface area contributed by atoms with Crippen molar-refractivity contribution in [1.29, 1.82) is 0 Å². The molecule has 0 bridgehead atoms. The highest BCUT2D eigenvalue weighted by Gasteiger charge is 2.22. The summed E-state index contributed by atoms with van der Waals surface area (Å²) in [4.78, 5) is 9.70. The maximum absolute atomic E-state index is 4.41. The first kappa shape index (κ1) is 12.4. The van der Waals surface area contributed by atoms with Gasteiger partial charge < -0.3 is 5.32 Å². The van der Waals surface area contributed by atoms with Crippen LogP contribution in [0.1, 0.15) is 11.6 Å². The Balaban J connectivity index is 1.53. The van der Waals surface area contributed by atoms with Crippen molar-refractivity contribution < 1.29 is 0 Å². The Bertz CT molecular complexity index is 739. The highest BCUT2D eigenvalue weighted by atomic mass is 32.2. The minimum Gasteiger partial charge on any atom is -0.376 e. The van der Waals surface area contributed by atoms with Gasteiger partial charge in [-0.25, -0.2) is 14.6 Å². The van der Waals surface area contributed by atoms with E-state index in [0.29, 0.717) is 6.04 Å². The number of thioether (sulfide) groups is 1. The van der Waals surface area contributed by atoms with Gasteiger partial charge in [-0.2, -0.15) is 5.10 Å². The van der Waals surface area contributed by atoms with E-state index in [1.807, 2.05) is 30.1 Å². The smallest absolute Gasteiger partial charge is 0.155 e. The Labute approximate surface area is 126 Å². The van der Waals surface area contributed by atoms with Gasteiger partial charge in [0.25, 0.3) is 0 Å². The summed E-state index contributed by atoms with van der Waals surface area (Å²) in [6, 6.07) is 12.8. The van der Waals surface area contributed by atoms with Gasteiger partial charge in [-0.15, -0.1) is 11.8 Å². The number of fused-ring (bicyclic) bond motifs is 1. The quantitative estimate of drug-likeness (QED) is 0.805. The molecule has 1 aromatic carbocycles. The molecular formula is C15H13N5S. The number of aromatic nitrogens is 4. The molecule has 1 N–H and O–H groups in total. The molecule has 2 aromatic heterocycles. The van der Waals surface area contributed by atoms with Gasteiger partial charge in [0.1, 0.15) is 12.7 Å². The Kier molecular flexibility index (Phi) is 3.08. The second kappa shape index (κ2) is 5.21. The van der Waals surface area contributed by atoms with Crippen LogP contribution in [-0.2, 0) is 0 Å². The van der Waals surface area contributed by atoms with Crippen LogP contribution in [0.2, 0.25) is 0 Å². The fourth-order valence-electron chi connectivity index (χ4n) is 2.42. The first-order valence-electron chi connectivity index (χ1n) is 6.69. The van der Waals surface area contributed by atoms with Crippen LogP contribution < -0.4 is 5.32 Å². The fraction of sp³-hybridized carbons (Fsp3) is 0.133. The van der Waals surface area contributed by atoms with Crippen molar-refractivity contribution in [3.63, 3.8) is 0 Å². The zero-order valence-corrected chi connectivity index (χ0v) is 12.0. The van der Waals surface area contributed by atoms with Crippen LogP contribution in [0.5, 0.6) is 0 Å². The molecule has 0 saturated carbocycles. The predicted molar refractivity (Wildman–Crippen MR) is 82.7 cm³/mol. The summed E-state index contributed by atoms with van der Waals surface area (Å²) in [7, 11) is 0. The maximum atomic E-state index is 4.41. The normalized spacial score (nSPS) is 16.7. The zero-order chi connectivity index (χ0) is 14.1. The van der Waals surface area contributed by atoms with Gasteiger partial charge in [0, 0.05) is 10.6 Å². The molecule has 5 nitrogen and oxygen atoms in total. The second-order valence-electron chi connectivity index (χ2n) is 4.79. The van der Waals surface area contributed by atoms with Crippen molar-refractivity contribution in [2.24, 2.45) is 0 Å². The SMILES string of the molecule is c1ccc2c(c1)SCC2Nc1ccc(-n2cncn2)nc1. The van der Waals surface area contributed by atoms with Crippen molar-refractivity contribution in [3.8, 4) is 5.82 Å². The highest BCUT2D eigenvalue weighted by Crippen LogP contribution is 2.39. The number of hydrogen-bond acceptors (Lipinski definition) is 5. The summed E-state index contributed by atoms with van der Waals surface area (Å²) < 4.78 is 1.64. The van der Waals surface area contributed by atoms with E-state index in [2.05, 4.69) is 44.6 Å². The molecule has 0 saturated heterocycles. The lowest BCUT2D eigenvalue weighted by Gasteiger charge is -2.14. The van der Waals surface area contributed by atoms with Gasteiger partial charge in [-0.3, -0.25) is 0 Å². The third-order valence-corrected chi connectivity index (χ3v) is 4.62. The molecular weight excluding hydrogens is 282 g/mol. The topological polar surface area (TPSA) is 55.6 Å². The van der Waals surface area contributed by atoms with Crippen LogP contribution in [0.4, 0.5) is 5.69 Å². The number of benzene rings is 1. The molecule has 6 heteroatoms. The monoisotopic (exact) mass is 295 g/mol. The van der Waals surface area contributed by atoms with Gasteiger partial charge >= 0.3 is 0 Å². The standard InChI is InChI=1S/C15H13N5S/c1-2-4-14-12(3-1)13(8-21-14)19-11-5-6-15(17-7-11)20-10-16-9-18-20/h1-7,9-10,13,19H,8H2. The molecule has 0 aliphatic carbocycles. The zero-order valence-electron chi connectivity index (χ0n) is 11.2. The van der Waals surface area contributed by atoms with Crippen LogP contribution in [0.15, 0.2) is 60.1 Å². The van der Waals surface area contributed by atoms with Crippen LogP contribution >= 0.6 is 11.8 Å². The van der Waals surface area contributed by atoms with E-state index < -0.39 is 0 Å². The second-order valence-corrected chi connectivity index (χ2v) is 5.85. The maximum Gasteiger partial charge on any atom is 0.155 e. The molecule has 1 aliphatic rings. The molecule has 0 spiro atoms. The van der Waals surface area contributed by atoms with E-state index in [1.54, 1.807) is 11.0 Å². The molecule has 0 amide bonds. The lowest BCUT2D eigenvalue weighted by molar-refractivity contribution is 0.842. The number of anilines is 1. The molecule has 0 radical (unpaired) electrons. The summed E-state index contributed by atoms with van der Waals surface area (Å²) in [5.74, 6) is 1.81. The average Bonchev–Trinajstić information content (AvgIpc) is 3.19. The Morgan fingerprint density at radius 3 is 2.95 bits per heavy atom. The largest absolute Gasteiger partial charge is 0.376 e. The summed E-state index contributed by atoms with van der Waals surface area (Å²) in [6.45, 7) is 0. The number of nitrogens with one attached hydrogen (secondary N) is 1. The molecule has 21 heavy (non-hydrogen) atoms. The van der Waals surface area contributed by atoms with Gasteiger partial charge in [0.05, 0.1) is 17.9 Å². The van der Waals surface area contributed by atoms with E-state index in [9.17, 15) is 0 Å². The third kappa shape index (κ3) is 2.38. The molecule has 1 atom stereocenters. The minimum atomic E-state index is 0.338. The van der Waals surface area contributed by atoms with Crippen molar-refractivity contribution in [1.82, 2.24) is 19.7 Å². The Morgan fingerprint density at radius 1 is 1.19 bits per heavy atom. The van der Waals surface area contributed by atoms with E-state index in [1.165, 1.54) is 16.8 Å². The molecule has 1 unspecified atom stereocenters. The first-order valence-corrected chi connectivity index (χ1v) is 7.68. The number of rotatable bonds is 3. The summed E-state index contributed by atoms with van der Waals surface area (Å²) in [6.07, 6.45) is 4.97. The van der Waals surface area contributed by atoms with Crippen molar-refractivity contribution in [3.05, 3.63) is 60.8 Å². The third-order valence-electron chi connectivity index (χ3n) is 3.44. The average molecular weight is 295 g/mol. The van der Waals surface area contributed by atoms with E-state index in [0.717, 1.165) is 17.3 Å². The van der Waals surface area contributed by atoms with Crippen LogP contribution in [0.25, 0.3) is 5.82 Å². The first-order chi connectivity index (χ1) is 10.4. The fourth-order valence-corrected chi connectivity index (χ4v) is 3.58. The van der Waals surface area contributed by atoms with Crippen molar-refractivity contribution >= 4 is 17.4 Å². The summed E-state index contributed by atoms with van der Waals surface area (Å²) in [5.41, 5.74) is 2.38. The van der Waals surface area contributed by atoms with E-state index in [4.69, 9.17) is 0 Å².